The van der Waals surface area contributed by atoms with Crippen LogP contribution in [0.15, 0.2) is 28.0 Å². The van der Waals surface area contributed by atoms with Crippen LogP contribution in [0.2, 0.25) is 15.1 Å². The van der Waals surface area contributed by atoms with E-state index < -0.39 is 5.54 Å². The molecule has 0 unspecified atom stereocenters. The average Bonchev–Trinajstić information content (AvgIpc) is 2.60. The molecule has 0 N–H and O–H groups in total. The minimum Gasteiger partial charge on any atom is -0.490 e. The van der Waals surface area contributed by atoms with Crippen LogP contribution < -0.4 is 10.3 Å². The van der Waals surface area contributed by atoms with E-state index >= 15 is 0 Å². The maximum absolute atomic E-state index is 12.4. The van der Waals surface area contributed by atoms with Crippen molar-refractivity contribution in [1.29, 1.82) is 0 Å². The minimum atomic E-state index is -0.431. The summed E-state index contributed by atoms with van der Waals surface area (Å²) in [5.41, 5.74) is 0.611. The predicted molar refractivity (Wildman–Crippen MR) is 129 cm³/mol. The Morgan fingerprint density at radius 3 is 2.20 bits per heavy atom. The van der Waals surface area contributed by atoms with Gasteiger partial charge in [0.25, 0.3) is 5.56 Å². The van der Waals surface area contributed by atoms with Gasteiger partial charge < -0.3 is 4.74 Å². The van der Waals surface area contributed by atoms with Crippen molar-refractivity contribution < 1.29 is 4.74 Å². The minimum absolute atomic E-state index is 0.171. The Morgan fingerprint density at radius 1 is 1.07 bits per heavy atom. The zero-order valence-corrected chi connectivity index (χ0v) is 21.4. The Hall–Kier alpha value is -0.880. The molecule has 0 radical (unpaired) electrons. The van der Waals surface area contributed by atoms with Crippen molar-refractivity contribution in [3.8, 4) is 5.75 Å². The molecule has 30 heavy (non-hydrogen) atoms. The van der Waals surface area contributed by atoms with Crippen molar-refractivity contribution in [2.24, 2.45) is 5.41 Å². The van der Waals surface area contributed by atoms with Crippen LogP contribution >= 0.6 is 46.6 Å². The largest absolute Gasteiger partial charge is 0.490 e. The normalized spacial score (nSPS) is 12.3. The van der Waals surface area contributed by atoms with Gasteiger partial charge in [0.2, 0.25) is 0 Å². The van der Waals surface area contributed by atoms with Crippen LogP contribution in [0.3, 0.4) is 0 Å². The zero-order valence-electron chi connectivity index (χ0n) is 18.3. The molecule has 166 valence electrons. The van der Waals surface area contributed by atoms with Gasteiger partial charge in [-0.05, 0) is 56.7 Å². The van der Waals surface area contributed by atoms with Crippen molar-refractivity contribution in [2.45, 2.75) is 64.8 Å². The molecular weight excluding hydrogens is 463 g/mol. The van der Waals surface area contributed by atoms with Crippen LogP contribution in [0.4, 0.5) is 0 Å². The number of halogens is 3. The van der Waals surface area contributed by atoms with Gasteiger partial charge in [-0.25, -0.2) is 4.68 Å². The van der Waals surface area contributed by atoms with Crippen molar-refractivity contribution in [3.05, 3.63) is 49.3 Å². The lowest BCUT2D eigenvalue weighted by Gasteiger charge is -2.21. The van der Waals surface area contributed by atoms with Crippen molar-refractivity contribution in [1.82, 2.24) is 9.78 Å². The first-order chi connectivity index (χ1) is 13.8. The Balaban J connectivity index is 1.98. The highest BCUT2D eigenvalue weighted by Gasteiger charge is 2.19. The number of benzene rings is 1. The van der Waals surface area contributed by atoms with E-state index in [-0.39, 0.29) is 16.0 Å². The molecule has 0 saturated carbocycles. The van der Waals surface area contributed by atoms with Crippen LogP contribution in [0.1, 0.15) is 53.5 Å². The zero-order chi connectivity index (χ0) is 22.7. The quantitative estimate of drug-likeness (QED) is 0.306. The molecule has 0 bridgehead atoms. The summed E-state index contributed by atoms with van der Waals surface area (Å²) in [6, 6.07) is 3.82. The molecule has 1 heterocycles. The van der Waals surface area contributed by atoms with Crippen LogP contribution in [0, 0.1) is 5.41 Å². The number of rotatable bonds is 7. The highest BCUT2D eigenvalue weighted by atomic mass is 35.5. The number of hydrogen-bond acceptors (Lipinski definition) is 4. The van der Waals surface area contributed by atoms with Gasteiger partial charge >= 0.3 is 0 Å². The fraction of sp³-hybridized carbons (Fsp3) is 0.545. The van der Waals surface area contributed by atoms with E-state index in [1.807, 2.05) is 32.9 Å². The maximum atomic E-state index is 12.4. The summed E-state index contributed by atoms with van der Waals surface area (Å²) < 4.78 is 7.19. The second-order valence-electron chi connectivity index (χ2n) is 9.36. The third kappa shape index (κ3) is 7.08. The molecule has 0 aliphatic carbocycles. The molecule has 2 rings (SSSR count). The highest BCUT2D eigenvalue weighted by Crippen LogP contribution is 2.36. The van der Waals surface area contributed by atoms with Crippen LogP contribution in [-0.4, -0.2) is 22.1 Å². The summed E-state index contributed by atoms with van der Waals surface area (Å²) in [5.74, 6) is 1.05. The van der Waals surface area contributed by atoms with Gasteiger partial charge in [-0.3, -0.25) is 4.79 Å². The second-order valence-corrected chi connectivity index (χ2v) is 11.7. The number of nitrogens with zero attached hydrogens (tertiary/aromatic N) is 2. The fourth-order valence-corrected chi connectivity index (χ4v) is 4.36. The SMILES string of the molecule is CC(C)(C)CCc1cc(Cl)c(OCCSc2cnn(C(C)(C)C)c(=O)c2Cl)c(Cl)c1. The highest BCUT2D eigenvalue weighted by molar-refractivity contribution is 7.99. The van der Waals surface area contributed by atoms with Crippen LogP contribution in [0.5, 0.6) is 5.75 Å². The monoisotopic (exact) mass is 490 g/mol. The van der Waals surface area contributed by atoms with Gasteiger partial charge in [0.05, 0.1) is 33.3 Å². The molecule has 1 aromatic heterocycles. The number of aryl methyl sites for hydroxylation is 1. The van der Waals surface area contributed by atoms with Gasteiger partial charge in [0.15, 0.2) is 5.75 Å². The lowest BCUT2D eigenvalue weighted by Crippen LogP contribution is -2.36. The first kappa shape index (κ1) is 25.4. The Bertz CT molecular complexity index is 924. The Morgan fingerprint density at radius 2 is 1.67 bits per heavy atom. The van der Waals surface area contributed by atoms with E-state index in [0.29, 0.717) is 33.0 Å². The standard InChI is InChI=1S/C22H29Cl3N2O2S/c1-21(2,3)8-7-14-11-15(23)19(16(24)12-14)29-9-10-30-17-13-26-27(22(4,5)6)20(28)18(17)25/h11-13H,7-10H2,1-6H3. The number of aromatic nitrogens is 2. The molecule has 0 aliphatic rings. The summed E-state index contributed by atoms with van der Waals surface area (Å²) in [6.07, 6.45) is 3.56. The predicted octanol–water partition coefficient (Wildman–Crippen LogP) is 7.11. The van der Waals surface area contributed by atoms with Crippen molar-refractivity contribution in [2.75, 3.05) is 12.4 Å². The molecule has 2 aromatic rings. The summed E-state index contributed by atoms with van der Waals surface area (Å²) in [6.45, 7) is 12.7. The fourth-order valence-electron chi connectivity index (χ4n) is 2.71. The number of hydrogen-bond donors (Lipinski definition) is 0. The average molecular weight is 492 g/mol. The molecular formula is C22H29Cl3N2O2S. The molecule has 0 atom stereocenters. The third-order valence-electron chi connectivity index (χ3n) is 4.33. The van der Waals surface area contributed by atoms with Gasteiger partial charge in [0, 0.05) is 5.75 Å². The van der Waals surface area contributed by atoms with Crippen molar-refractivity contribution >= 4 is 46.6 Å². The molecule has 0 amide bonds. The molecule has 0 fully saturated rings. The molecule has 1 aromatic carbocycles. The molecule has 0 spiro atoms. The van der Waals surface area contributed by atoms with E-state index in [1.165, 1.54) is 16.4 Å². The van der Waals surface area contributed by atoms with E-state index in [1.54, 1.807) is 6.20 Å². The second kappa shape index (κ2) is 10.2. The smallest absolute Gasteiger partial charge is 0.287 e. The van der Waals surface area contributed by atoms with Crippen LogP contribution in [-0.2, 0) is 12.0 Å². The first-order valence-corrected chi connectivity index (χ1v) is 11.9. The summed E-state index contributed by atoms with van der Waals surface area (Å²) >= 11 is 20.4. The van der Waals surface area contributed by atoms with E-state index in [9.17, 15) is 4.79 Å². The van der Waals surface area contributed by atoms with Gasteiger partial charge in [-0.2, -0.15) is 5.10 Å². The Labute approximate surface area is 198 Å². The maximum Gasteiger partial charge on any atom is 0.287 e. The Kier molecular flexibility index (Phi) is 8.60. The third-order valence-corrected chi connectivity index (χ3v) is 6.36. The molecule has 0 aliphatic heterocycles. The van der Waals surface area contributed by atoms with E-state index in [4.69, 9.17) is 39.5 Å². The summed E-state index contributed by atoms with van der Waals surface area (Å²) in [5, 5.41) is 5.41. The summed E-state index contributed by atoms with van der Waals surface area (Å²) in [7, 11) is 0. The van der Waals surface area contributed by atoms with E-state index in [0.717, 1.165) is 18.4 Å². The number of thioether (sulfide) groups is 1. The van der Waals surface area contributed by atoms with Crippen molar-refractivity contribution in [3.63, 3.8) is 0 Å². The summed E-state index contributed by atoms with van der Waals surface area (Å²) in [4.78, 5) is 13.0. The van der Waals surface area contributed by atoms with Gasteiger partial charge in [-0.15, -0.1) is 11.8 Å². The molecule has 8 heteroatoms. The molecule has 0 saturated heterocycles. The number of ether oxygens (including phenoxy) is 1. The lowest BCUT2D eigenvalue weighted by atomic mass is 9.89. The first-order valence-electron chi connectivity index (χ1n) is 9.81. The van der Waals surface area contributed by atoms with Crippen LogP contribution in [0.25, 0.3) is 0 Å². The molecule has 4 nitrogen and oxygen atoms in total. The van der Waals surface area contributed by atoms with Gasteiger partial charge in [0.1, 0.15) is 5.02 Å². The lowest BCUT2D eigenvalue weighted by molar-refractivity contribution is 0.336. The van der Waals surface area contributed by atoms with E-state index in [2.05, 4.69) is 25.9 Å². The van der Waals surface area contributed by atoms with Gasteiger partial charge in [-0.1, -0.05) is 55.6 Å². The topological polar surface area (TPSA) is 44.1 Å².